The highest BCUT2D eigenvalue weighted by atomic mass is 32.1. The van der Waals surface area contributed by atoms with Gasteiger partial charge in [0.25, 0.3) is 5.91 Å². The number of aromatic nitrogens is 2. The van der Waals surface area contributed by atoms with E-state index in [9.17, 15) is 9.18 Å². The predicted molar refractivity (Wildman–Crippen MR) is 85.7 cm³/mol. The van der Waals surface area contributed by atoms with Crippen molar-refractivity contribution < 1.29 is 9.18 Å². The highest BCUT2D eigenvalue weighted by Gasteiger charge is 2.35. The Morgan fingerprint density at radius 2 is 2.17 bits per heavy atom. The molecule has 0 aliphatic carbocycles. The van der Waals surface area contributed by atoms with E-state index in [4.69, 9.17) is 0 Å². The van der Waals surface area contributed by atoms with E-state index in [0.29, 0.717) is 21.4 Å². The number of amides is 1. The monoisotopic (exact) mass is 332 g/mol. The molecule has 1 atom stereocenters. The van der Waals surface area contributed by atoms with Crippen LogP contribution in [0.3, 0.4) is 0 Å². The van der Waals surface area contributed by atoms with Gasteiger partial charge in [-0.05, 0) is 37.9 Å². The van der Waals surface area contributed by atoms with Gasteiger partial charge in [-0.2, -0.15) is 0 Å². The number of pyridine rings is 1. The van der Waals surface area contributed by atoms with Crippen molar-refractivity contribution in [3.05, 3.63) is 35.4 Å². The van der Waals surface area contributed by atoms with Crippen LogP contribution < -0.4 is 5.32 Å². The zero-order valence-corrected chi connectivity index (χ0v) is 13.4. The molecule has 0 saturated carbocycles. The summed E-state index contributed by atoms with van der Waals surface area (Å²) in [5, 5.41) is 3.61. The topological polar surface area (TPSA) is 58.1 Å². The molecule has 3 saturated heterocycles. The first-order chi connectivity index (χ1) is 11.2. The Morgan fingerprint density at radius 3 is 2.87 bits per heavy atom. The molecule has 2 aromatic heterocycles. The third kappa shape index (κ3) is 2.86. The van der Waals surface area contributed by atoms with Crippen LogP contribution in [0.5, 0.6) is 0 Å². The SMILES string of the molecule is O=C(NC1CN2CCC1CC2)c1cnc(-c2cnccc2F)s1. The number of carbonyl (C=O) groups excluding carboxylic acids is 1. The summed E-state index contributed by atoms with van der Waals surface area (Å²) < 4.78 is 13.8. The Labute approximate surface area is 137 Å². The number of thiazole rings is 1. The molecule has 2 bridgehead atoms. The minimum Gasteiger partial charge on any atom is -0.347 e. The zero-order valence-electron chi connectivity index (χ0n) is 12.5. The number of nitrogens with zero attached hydrogens (tertiary/aromatic N) is 3. The van der Waals surface area contributed by atoms with Crippen molar-refractivity contribution in [3.63, 3.8) is 0 Å². The minimum absolute atomic E-state index is 0.114. The van der Waals surface area contributed by atoms with Gasteiger partial charge in [0.15, 0.2) is 0 Å². The summed E-state index contributed by atoms with van der Waals surface area (Å²) in [6.45, 7) is 3.21. The van der Waals surface area contributed by atoms with E-state index in [1.807, 2.05) is 0 Å². The highest BCUT2D eigenvalue weighted by molar-refractivity contribution is 7.16. The second kappa shape index (κ2) is 5.98. The number of rotatable bonds is 3. The Kier molecular flexibility index (Phi) is 3.82. The van der Waals surface area contributed by atoms with Crippen molar-refractivity contribution in [3.8, 4) is 10.6 Å². The lowest BCUT2D eigenvalue weighted by molar-refractivity contribution is 0.0622. The number of hydrogen-bond acceptors (Lipinski definition) is 5. The van der Waals surface area contributed by atoms with Gasteiger partial charge in [-0.1, -0.05) is 0 Å². The first-order valence-corrected chi connectivity index (χ1v) is 8.61. The predicted octanol–water partition coefficient (Wildman–Crippen LogP) is 2.17. The maximum Gasteiger partial charge on any atom is 0.263 e. The maximum absolute atomic E-state index is 13.8. The Hall–Kier alpha value is -1.86. The third-order valence-electron chi connectivity index (χ3n) is 4.70. The molecular weight excluding hydrogens is 315 g/mol. The first-order valence-electron chi connectivity index (χ1n) is 7.79. The van der Waals surface area contributed by atoms with Gasteiger partial charge in [-0.3, -0.25) is 9.78 Å². The van der Waals surface area contributed by atoms with Gasteiger partial charge in [0.05, 0.1) is 11.8 Å². The second-order valence-electron chi connectivity index (χ2n) is 6.10. The first kappa shape index (κ1) is 14.7. The van der Waals surface area contributed by atoms with Gasteiger partial charge in [-0.15, -0.1) is 11.3 Å². The summed E-state index contributed by atoms with van der Waals surface area (Å²) in [6, 6.07) is 1.51. The maximum atomic E-state index is 13.8. The molecule has 1 unspecified atom stereocenters. The fourth-order valence-electron chi connectivity index (χ4n) is 3.41. The van der Waals surface area contributed by atoms with Crippen molar-refractivity contribution in [1.29, 1.82) is 0 Å². The van der Waals surface area contributed by atoms with Crippen molar-refractivity contribution >= 4 is 17.2 Å². The molecule has 0 spiro atoms. The van der Waals surface area contributed by atoms with E-state index >= 15 is 0 Å². The average Bonchev–Trinajstić information content (AvgIpc) is 3.06. The van der Waals surface area contributed by atoms with Crippen LogP contribution in [-0.4, -0.2) is 46.5 Å². The number of nitrogens with one attached hydrogen (secondary N) is 1. The van der Waals surface area contributed by atoms with Crippen molar-refractivity contribution in [1.82, 2.24) is 20.2 Å². The molecule has 5 nitrogen and oxygen atoms in total. The molecule has 3 fully saturated rings. The van der Waals surface area contributed by atoms with Crippen LogP contribution in [0.1, 0.15) is 22.5 Å². The molecule has 2 aromatic rings. The molecule has 0 aromatic carbocycles. The van der Waals surface area contributed by atoms with Crippen LogP contribution >= 0.6 is 11.3 Å². The lowest BCUT2D eigenvalue weighted by Crippen LogP contribution is -2.57. The number of halogens is 1. The largest absolute Gasteiger partial charge is 0.347 e. The normalized spacial score (nSPS) is 26.2. The molecule has 5 heterocycles. The van der Waals surface area contributed by atoms with Gasteiger partial charge in [0.2, 0.25) is 0 Å². The molecule has 1 N–H and O–H groups in total. The standard InChI is InChI=1S/C16H17FN4OS/c17-12-1-4-18-7-11(12)16-19-8-14(23-16)15(22)20-13-9-21-5-2-10(13)3-6-21/h1,4,7-8,10,13H,2-3,5-6,9H2,(H,20,22). The van der Waals surface area contributed by atoms with E-state index in [-0.39, 0.29) is 17.8 Å². The van der Waals surface area contributed by atoms with Crippen LogP contribution in [0.15, 0.2) is 24.7 Å². The molecule has 120 valence electrons. The zero-order chi connectivity index (χ0) is 15.8. The van der Waals surface area contributed by atoms with Gasteiger partial charge in [-0.25, -0.2) is 9.37 Å². The molecule has 1 amide bonds. The number of hydrogen-bond donors (Lipinski definition) is 1. The van der Waals surface area contributed by atoms with E-state index in [1.54, 1.807) is 0 Å². The van der Waals surface area contributed by atoms with E-state index in [2.05, 4.69) is 20.2 Å². The molecule has 5 rings (SSSR count). The molecule has 0 radical (unpaired) electrons. The van der Waals surface area contributed by atoms with Crippen molar-refractivity contribution in [2.24, 2.45) is 5.92 Å². The van der Waals surface area contributed by atoms with Crippen LogP contribution in [0.25, 0.3) is 10.6 Å². The molecule has 3 aliphatic heterocycles. The van der Waals surface area contributed by atoms with Gasteiger partial charge >= 0.3 is 0 Å². The van der Waals surface area contributed by atoms with Gasteiger partial charge < -0.3 is 10.2 Å². The van der Waals surface area contributed by atoms with E-state index < -0.39 is 0 Å². The second-order valence-corrected chi connectivity index (χ2v) is 7.13. The fourth-order valence-corrected chi connectivity index (χ4v) is 4.24. The lowest BCUT2D eigenvalue weighted by Gasteiger charge is -2.44. The number of carbonyl (C=O) groups is 1. The number of piperidine rings is 3. The average molecular weight is 332 g/mol. The van der Waals surface area contributed by atoms with Crippen molar-refractivity contribution in [2.75, 3.05) is 19.6 Å². The Balaban J connectivity index is 1.48. The lowest BCUT2D eigenvalue weighted by atomic mass is 9.84. The smallest absolute Gasteiger partial charge is 0.263 e. The van der Waals surface area contributed by atoms with Crippen LogP contribution in [0.2, 0.25) is 0 Å². The third-order valence-corrected chi connectivity index (χ3v) is 5.73. The van der Waals surface area contributed by atoms with E-state index in [1.165, 1.54) is 36.0 Å². The summed E-state index contributed by atoms with van der Waals surface area (Å²) in [7, 11) is 0. The summed E-state index contributed by atoms with van der Waals surface area (Å²) in [5.74, 6) is 0.0857. The molecule has 7 heteroatoms. The van der Waals surface area contributed by atoms with Crippen LogP contribution in [0, 0.1) is 11.7 Å². The molecule has 23 heavy (non-hydrogen) atoms. The highest BCUT2D eigenvalue weighted by Crippen LogP contribution is 2.29. The quantitative estimate of drug-likeness (QED) is 0.936. The van der Waals surface area contributed by atoms with Crippen LogP contribution in [-0.2, 0) is 0 Å². The van der Waals surface area contributed by atoms with E-state index in [0.717, 1.165) is 32.5 Å². The summed E-state index contributed by atoms with van der Waals surface area (Å²) >= 11 is 1.20. The summed E-state index contributed by atoms with van der Waals surface area (Å²) in [5.41, 5.74) is 0.333. The Bertz CT molecular complexity index is 726. The fraction of sp³-hybridized carbons (Fsp3) is 0.438. The molecular formula is C16H17FN4OS. The van der Waals surface area contributed by atoms with Crippen molar-refractivity contribution in [2.45, 2.75) is 18.9 Å². The summed E-state index contributed by atoms with van der Waals surface area (Å²) in [4.78, 5) is 23.5. The molecule has 3 aliphatic rings. The Morgan fingerprint density at radius 1 is 1.35 bits per heavy atom. The summed E-state index contributed by atoms with van der Waals surface area (Å²) in [6.07, 6.45) is 6.65. The number of fused-ring (bicyclic) bond motifs is 3. The minimum atomic E-state index is -0.376. The van der Waals surface area contributed by atoms with Gasteiger partial charge in [0, 0.05) is 25.0 Å². The van der Waals surface area contributed by atoms with Crippen LogP contribution in [0.4, 0.5) is 4.39 Å². The van der Waals surface area contributed by atoms with Gasteiger partial charge in [0.1, 0.15) is 15.7 Å².